The third-order valence-corrected chi connectivity index (χ3v) is 8.95. The number of nitro benzene ring substituents is 1. The van der Waals surface area contributed by atoms with Crippen LogP contribution >= 0.6 is 33.9 Å². The van der Waals surface area contributed by atoms with Gasteiger partial charge >= 0.3 is 5.97 Å². The van der Waals surface area contributed by atoms with E-state index in [4.69, 9.17) is 18.9 Å². The molecule has 0 saturated heterocycles. The first-order valence-corrected chi connectivity index (χ1v) is 16.6. The summed E-state index contributed by atoms with van der Waals surface area (Å²) in [7, 11) is 1.53. The first-order valence-electron chi connectivity index (χ1n) is 14.7. The van der Waals surface area contributed by atoms with E-state index < -0.39 is 16.9 Å². The molecule has 0 N–H and O–H groups in total. The molecule has 0 spiro atoms. The maximum atomic E-state index is 14.1. The Balaban J connectivity index is 1.53. The molecule has 0 unspecified atom stereocenters. The summed E-state index contributed by atoms with van der Waals surface area (Å²) in [6.07, 6.45) is 1.75. The number of benzene rings is 3. The zero-order chi connectivity index (χ0) is 33.8. The number of allylic oxidation sites excluding steroid dienone is 1. The Morgan fingerprint density at radius 2 is 1.85 bits per heavy atom. The van der Waals surface area contributed by atoms with Gasteiger partial charge in [0.05, 0.1) is 50.2 Å². The molecule has 0 fully saturated rings. The molecule has 3 aromatic carbocycles. The van der Waals surface area contributed by atoms with Gasteiger partial charge in [0.25, 0.3) is 11.2 Å². The number of nitrogens with zero attached hydrogens (tertiary/aromatic N) is 3. The number of aromatic nitrogens is 1. The number of thiazole rings is 1. The van der Waals surface area contributed by atoms with Crippen molar-refractivity contribution in [2.24, 2.45) is 4.99 Å². The number of hydrogen-bond acceptors (Lipinski definition) is 10. The van der Waals surface area contributed by atoms with Crippen molar-refractivity contribution in [3.05, 3.63) is 122 Å². The summed E-state index contributed by atoms with van der Waals surface area (Å²) in [5.74, 6) is 1.11. The van der Waals surface area contributed by atoms with Crippen LogP contribution in [0.5, 0.6) is 17.2 Å². The molecule has 1 atom stereocenters. The summed E-state index contributed by atoms with van der Waals surface area (Å²) in [4.78, 5) is 42.9. The highest BCUT2D eigenvalue weighted by molar-refractivity contribution is 14.1. The summed E-state index contributed by atoms with van der Waals surface area (Å²) < 4.78 is 25.6. The number of halogens is 1. The lowest BCUT2D eigenvalue weighted by atomic mass is 9.96. The fourth-order valence-corrected chi connectivity index (χ4v) is 6.92. The second kappa shape index (κ2) is 14.5. The van der Waals surface area contributed by atoms with Crippen LogP contribution in [-0.2, 0) is 16.1 Å². The lowest BCUT2D eigenvalue weighted by Gasteiger charge is -2.25. The average Bonchev–Trinajstić information content (AvgIpc) is 3.33. The zero-order valence-corrected chi connectivity index (χ0v) is 29.3. The maximum absolute atomic E-state index is 14.1. The van der Waals surface area contributed by atoms with Gasteiger partial charge in [0.15, 0.2) is 16.3 Å². The number of fused-ring (bicyclic) bond motifs is 1. The first-order chi connectivity index (χ1) is 22.5. The van der Waals surface area contributed by atoms with Crippen molar-refractivity contribution in [1.29, 1.82) is 0 Å². The Hall–Kier alpha value is -4.50. The van der Waals surface area contributed by atoms with Crippen LogP contribution in [0.1, 0.15) is 50.4 Å². The SMILES string of the molecule is CCOC(=O)C1=C(C)N=c2s/c(=C\c3cc(I)c(OCc4ccc([N+](=O)[O-])cc4)c(OC)c3)c(=O)n2[C@@H]1c1ccc(OC(C)C)cc1. The number of methoxy groups -OCH3 is 1. The number of carbonyl (C=O) groups excluding carboxylic acids is 1. The van der Waals surface area contributed by atoms with Gasteiger partial charge in [-0.15, -0.1) is 0 Å². The molecule has 0 aliphatic carbocycles. The summed E-state index contributed by atoms with van der Waals surface area (Å²) >= 11 is 3.37. The van der Waals surface area contributed by atoms with Gasteiger partial charge in [0.2, 0.25) is 0 Å². The minimum atomic E-state index is -0.745. The number of hydrogen-bond donors (Lipinski definition) is 0. The Morgan fingerprint density at radius 1 is 1.15 bits per heavy atom. The molecule has 0 bridgehead atoms. The third-order valence-electron chi connectivity index (χ3n) is 7.16. The molecule has 0 amide bonds. The van der Waals surface area contributed by atoms with Crippen molar-refractivity contribution in [3.8, 4) is 17.2 Å². The predicted molar refractivity (Wildman–Crippen MR) is 186 cm³/mol. The molecule has 5 rings (SSSR count). The van der Waals surface area contributed by atoms with Crippen molar-refractivity contribution >= 4 is 51.7 Å². The lowest BCUT2D eigenvalue weighted by Crippen LogP contribution is -2.39. The van der Waals surface area contributed by atoms with Crippen LogP contribution in [0.2, 0.25) is 0 Å². The minimum Gasteiger partial charge on any atom is -0.493 e. The largest absolute Gasteiger partial charge is 0.493 e. The standard InChI is InChI=1S/C34H32IN3O8S/c1-6-44-33(40)29-20(4)36-34-37(30(29)23-9-13-25(14-10-23)46-19(2)3)32(39)28(47-34)17-22-15-26(35)31(27(16-22)43-5)45-18-21-7-11-24(12-8-21)38(41)42/h7-17,19,30H,6,18H2,1-5H3/b28-17-/t30-/m1/s1. The Bertz CT molecular complexity index is 2030. The van der Waals surface area contributed by atoms with Crippen molar-refractivity contribution in [2.45, 2.75) is 46.4 Å². The van der Waals surface area contributed by atoms with E-state index in [9.17, 15) is 19.7 Å². The van der Waals surface area contributed by atoms with Gasteiger partial charge in [0.1, 0.15) is 12.4 Å². The number of carbonyl (C=O) groups is 1. The van der Waals surface area contributed by atoms with E-state index >= 15 is 0 Å². The molecule has 1 aliphatic heterocycles. The second-order valence-electron chi connectivity index (χ2n) is 10.8. The highest BCUT2D eigenvalue weighted by atomic mass is 127. The van der Waals surface area contributed by atoms with Gasteiger partial charge in [-0.05, 0) is 109 Å². The quantitative estimate of drug-likeness (QED) is 0.0824. The van der Waals surface area contributed by atoms with Crippen LogP contribution in [-0.4, -0.2) is 35.3 Å². The molecular weight excluding hydrogens is 737 g/mol. The normalized spacial score (nSPS) is 14.4. The first kappa shape index (κ1) is 33.9. The van der Waals surface area contributed by atoms with Crippen molar-refractivity contribution in [2.75, 3.05) is 13.7 Å². The summed E-state index contributed by atoms with van der Waals surface area (Å²) in [5, 5.41) is 11.0. The monoisotopic (exact) mass is 769 g/mol. The Morgan fingerprint density at radius 3 is 2.47 bits per heavy atom. The van der Waals surface area contributed by atoms with Crippen LogP contribution in [0.15, 0.2) is 81.7 Å². The van der Waals surface area contributed by atoms with Gasteiger partial charge in [0, 0.05) is 12.1 Å². The zero-order valence-electron chi connectivity index (χ0n) is 26.3. The molecule has 4 aromatic rings. The van der Waals surface area contributed by atoms with Gasteiger partial charge in [-0.2, -0.15) is 0 Å². The summed E-state index contributed by atoms with van der Waals surface area (Å²) in [5.41, 5.74) is 2.66. The smallest absolute Gasteiger partial charge is 0.338 e. The molecule has 0 saturated carbocycles. The fourth-order valence-electron chi connectivity index (χ4n) is 5.09. The topological polar surface area (TPSA) is 131 Å². The number of esters is 1. The van der Waals surface area contributed by atoms with Gasteiger partial charge < -0.3 is 18.9 Å². The minimum absolute atomic E-state index is 0.00304. The summed E-state index contributed by atoms with van der Waals surface area (Å²) in [6.45, 7) is 7.72. The fraction of sp³-hybridized carbons (Fsp3) is 0.265. The molecular formula is C34H32IN3O8S. The summed E-state index contributed by atoms with van der Waals surface area (Å²) in [6, 6.07) is 16.4. The molecule has 13 heteroatoms. The number of nitro groups is 1. The molecule has 0 radical (unpaired) electrons. The lowest BCUT2D eigenvalue weighted by molar-refractivity contribution is -0.384. The van der Waals surface area contributed by atoms with Gasteiger partial charge in [-0.25, -0.2) is 9.79 Å². The van der Waals surface area contributed by atoms with E-state index in [-0.39, 0.29) is 30.6 Å². The molecule has 11 nitrogen and oxygen atoms in total. The van der Waals surface area contributed by atoms with E-state index in [1.165, 1.54) is 35.1 Å². The van der Waals surface area contributed by atoms with E-state index in [1.54, 1.807) is 38.1 Å². The van der Waals surface area contributed by atoms with E-state index in [0.717, 1.165) is 14.7 Å². The molecule has 47 heavy (non-hydrogen) atoms. The number of rotatable bonds is 11. The highest BCUT2D eigenvalue weighted by Gasteiger charge is 2.33. The highest BCUT2D eigenvalue weighted by Crippen LogP contribution is 2.35. The van der Waals surface area contributed by atoms with Crippen molar-refractivity contribution in [1.82, 2.24) is 4.57 Å². The van der Waals surface area contributed by atoms with Crippen LogP contribution in [0.25, 0.3) is 6.08 Å². The molecule has 2 heterocycles. The maximum Gasteiger partial charge on any atom is 0.338 e. The van der Waals surface area contributed by atoms with E-state index in [1.807, 2.05) is 44.2 Å². The number of non-ortho nitro benzene ring substituents is 1. The van der Waals surface area contributed by atoms with E-state index in [2.05, 4.69) is 27.6 Å². The van der Waals surface area contributed by atoms with Crippen molar-refractivity contribution in [3.63, 3.8) is 0 Å². The third kappa shape index (κ3) is 7.41. The number of ether oxygens (including phenoxy) is 4. The van der Waals surface area contributed by atoms with Gasteiger partial charge in [-0.3, -0.25) is 19.5 Å². The molecule has 1 aliphatic rings. The second-order valence-corrected chi connectivity index (χ2v) is 13.0. The van der Waals surface area contributed by atoms with Gasteiger partial charge in [-0.1, -0.05) is 23.5 Å². The van der Waals surface area contributed by atoms with Crippen LogP contribution in [0.4, 0.5) is 5.69 Å². The molecule has 244 valence electrons. The average molecular weight is 770 g/mol. The van der Waals surface area contributed by atoms with Crippen LogP contribution < -0.4 is 29.1 Å². The Labute approximate surface area is 288 Å². The van der Waals surface area contributed by atoms with Crippen molar-refractivity contribution < 1.29 is 28.7 Å². The van der Waals surface area contributed by atoms with Crippen LogP contribution in [0.3, 0.4) is 0 Å². The van der Waals surface area contributed by atoms with E-state index in [0.29, 0.717) is 43.4 Å². The molecule has 1 aromatic heterocycles. The van der Waals surface area contributed by atoms with Crippen LogP contribution in [0, 0.1) is 13.7 Å². The predicted octanol–water partition coefficient (Wildman–Crippen LogP) is 5.69. The Kier molecular flexibility index (Phi) is 10.4.